The van der Waals surface area contributed by atoms with Crippen LogP contribution in [-0.2, 0) is 24.4 Å². The van der Waals surface area contributed by atoms with Gasteiger partial charge in [0, 0.05) is 0 Å². The number of allylic oxidation sites excluding steroid dienone is 1. The molecule has 0 saturated heterocycles. The molecule has 4 heteroatoms. The van der Waals surface area contributed by atoms with Crippen LogP contribution in [0.25, 0.3) is 6.08 Å². The van der Waals surface area contributed by atoms with Crippen molar-refractivity contribution in [2.75, 3.05) is 0 Å². The minimum atomic E-state index is 0. The maximum absolute atomic E-state index is 2.71. The molecule has 1 aromatic rings. The van der Waals surface area contributed by atoms with E-state index in [1.54, 1.807) is 16.7 Å². The molecule has 3 aliphatic carbocycles. The molecule has 2 fully saturated rings. The van der Waals surface area contributed by atoms with E-state index in [0.717, 1.165) is 15.0 Å². The van der Waals surface area contributed by atoms with Crippen molar-refractivity contribution in [2.24, 2.45) is 0 Å². The smallest absolute Gasteiger partial charge is 0.147 e. The zero-order valence-corrected chi connectivity index (χ0v) is 22.9. The Labute approximate surface area is 194 Å². The van der Waals surface area contributed by atoms with Crippen LogP contribution >= 0.6 is 32.7 Å². The molecule has 0 heterocycles. The number of hydrogen-bond acceptors (Lipinski definition) is 0. The third kappa shape index (κ3) is 4.95. The van der Waals surface area contributed by atoms with Crippen molar-refractivity contribution >= 4 is 38.8 Å². The third-order valence-corrected chi connectivity index (χ3v) is 13.5. The molecule has 27 heavy (non-hydrogen) atoms. The quantitative estimate of drug-likeness (QED) is 0.246. The summed E-state index contributed by atoms with van der Waals surface area (Å²) in [5.74, 6) is 0. The minimum absolute atomic E-state index is 0. The maximum Gasteiger partial charge on any atom is -0.147 e. The van der Waals surface area contributed by atoms with E-state index < -0.39 is 0 Å². The Kier molecular flexibility index (Phi) is 9.60. The van der Waals surface area contributed by atoms with Crippen LogP contribution < -0.4 is 0 Å². The van der Waals surface area contributed by atoms with Gasteiger partial charge in [0.15, 0.2) is 0 Å². The van der Waals surface area contributed by atoms with Gasteiger partial charge in [-0.25, -0.2) is 0 Å². The maximum atomic E-state index is 2.71. The van der Waals surface area contributed by atoms with Gasteiger partial charge in [-0.2, -0.15) is 0 Å². The van der Waals surface area contributed by atoms with E-state index in [1.807, 2.05) is 5.31 Å². The first-order valence-corrected chi connectivity index (χ1v) is 14.0. The van der Waals surface area contributed by atoms with Gasteiger partial charge >= 0.3 is 171 Å². The Morgan fingerprint density at radius 1 is 0.778 bits per heavy atom. The van der Waals surface area contributed by atoms with Crippen molar-refractivity contribution in [1.29, 1.82) is 0 Å². The summed E-state index contributed by atoms with van der Waals surface area (Å²) >= 11 is 1.30. The van der Waals surface area contributed by atoms with Crippen LogP contribution in [0.15, 0.2) is 17.4 Å². The average molecular weight is 591 g/mol. The molecule has 1 unspecified atom stereocenters. The molecule has 0 N–H and O–H groups in total. The minimum Gasteiger partial charge on any atom is -0.147 e. The number of halogens is 2. The Morgan fingerprint density at radius 3 is 1.74 bits per heavy atom. The topological polar surface area (TPSA) is 0 Å². The number of aryl methyl sites for hydroxylation is 2. The monoisotopic (exact) mass is 591 g/mol. The molecule has 1 aromatic carbocycles. The molecule has 2 saturated carbocycles. The van der Waals surface area contributed by atoms with Crippen molar-refractivity contribution in [3.8, 4) is 0 Å². The van der Waals surface area contributed by atoms with Crippen LogP contribution in [0.3, 0.4) is 0 Å². The summed E-state index contributed by atoms with van der Waals surface area (Å²) in [5, 5.41) is 1.94. The Bertz CT molecular complexity index is 643. The Morgan fingerprint density at radius 2 is 1.26 bits per heavy atom. The fraction of sp³-hybridized carbons (Fsp3) is 0.652. The van der Waals surface area contributed by atoms with Crippen molar-refractivity contribution in [3.63, 3.8) is 0 Å². The fourth-order valence-electron chi connectivity index (χ4n) is 5.47. The van der Waals surface area contributed by atoms with Crippen molar-refractivity contribution in [3.05, 3.63) is 39.7 Å². The normalized spacial score (nSPS) is 23.3. The second-order valence-corrected chi connectivity index (χ2v) is 13.4. The van der Waals surface area contributed by atoms with E-state index >= 15 is 0 Å². The summed E-state index contributed by atoms with van der Waals surface area (Å²) in [6.45, 7) is 4.68. The molecule has 0 aromatic heterocycles. The molecule has 3 aliphatic rings. The van der Waals surface area contributed by atoms with Gasteiger partial charge in [-0.15, -0.1) is 24.8 Å². The van der Waals surface area contributed by atoms with Crippen LogP contribution in [0, 0.1) is 13.8 Å². The molecule has 0 nitrogen and oxygen atoms in total. The van der Waals surface area contributed by atoms with Crippen molar-refractivity contribution in [1.82, 2.24) is 0 Å². The first kappa shape index (κ1) is 24.1. The fourth-order valence-corrected chi connectivity index (χ4v) is 12.7. The number of benzene rings is 1. The van der Waals surface area contributed by atoms with Gasteiger partial charge in [-0.05, 0) is 0 Å². The van der Waals surface area contributed by atoms with Gasteiger partial charge in [0.1, 0.15) is 0 Å². The molecule has 0 radical (unpaired) electrons. The van der Waals surface area contributed by atoms with E-state index in [2.05, 4.69) is 32.1 Å². The van der Waals surface area contributed by atoms with E-state index in [-0.39, 0.29) is 32.7 Å². The Hall–Kier alpha value is 0.840. The first-order chi connectivity index (χ1) is 12.2. The summed E-state index contributed by atoms with van der Waals surface area (Å²) < 4.78 is 0.810. The summed E-state index contributed by atoms with van der Waals surface area (Å²) in [4.78, 5) is 0. The van der Waals surface area contributed by atoms with E-state index in [9.17, 15) is 0 Å². The average Bonchev–Trinajstić information content (AvgIpc) is 2.99. The van der Waals surface area contributed by atoms with Crippen LogP contribution in [0.4, 0.5) is 0 Å². The van der Waals surface area contributed by atoms with Gasteiger partial charge < -0.3 is 0 Å². The van der Waals surface area contributed by atoms with Crippen molar-refractivity contribution in [2.45, 2.75) is 93.0 Å². The molecular formula is C23H34Cl2HfP. The van der Waals surface area contributed by atoms with Gasteiger partial charge in [0.2, 0.25) is 0 Å². The molecule has 0 amide bonds. The second-order valence-electron chi connectivity index (χ2n) is 8.52. The molecule has 0 bridgehead atoms. The largest absolute Gasteiger partial charge is 0.147 e. The SMILES string of the molecule is Cc1ccc(C)c2c1C=C(P(C1CCCCC1)C1CCCCC1)[CH]2[Hf].Cl.Cl. The standard InChI is InChI=1S/C23H32P.2ClH.Hf/c1-17-13-14-18(2)23-16-21(15-22(17)23)24(19-9-5-3-6-10-19)20-11-7-4-8-12-20;;;/h13-16,19-20H,3-12H2,1-2H3;2*1H;. The van der Waals surface area contributed by atoms with Crippen LogP contribution in [-0.4, -0.2) is 11.3 Å². The molecule has 149 valence electrons. The summed E-state index contributed by atoms with van der Waals surface area (Å²) in [6.07, 6.45) is 17.8. The van der Waals surface area contributed by atoms with Gasteiger partial charge in [-0.1, -0.05) is 0 Å². The van der Waals surface area contributed by atoms with Crippen LogP contribution in [0.5, 0.6) is 0 Å². The molecule has 0 spiro atoms. The van der Waals surface area contributed by atoms with Crippen molar-refractivity contribution < 1.29 is 24.4 Å². The zero-order chi connectivity index (χ0) is 17.4. The predicted molar refractivity (Wildman–Crippen MR) is 122 cm³/mol. The molecule has 0 aliphatic heterocycles. The predicted octanol–water partition coefficient (Wildman–Crippen LogP) is 8.24. The number of hydrogen-bond donors (Lipinski definition) is 0. The zero-order valence-electron chi connectivity index (χ0n) is 16.8. The third-order valence-electron chi connectivity index (χ3n) is 6.83. The van der Waals surface area contributed by atoms with Gasteiger partial charge in [-0.3, -0.25) is 0 Å². The second kappa shape index (κ2) is 10.7. The first-order valence-electron chi connectivity index (χ1n) is 10.5. The summed E-state index contributed by atoms with van der Waals surface area (Å²) in [5.41, 5.74) is 8.50. The number of fused-ring (bicyclic) bond motifs is 1. The van der Waals surface area contributed by atoms with E-state index in [4.69, 9.17) is 0 Å². The molecule has 1 atom stereocenters. The summed E-state index contributed by atoms with van der Waals surface area (Å²) in [6, 6.07) is 4.73. The van der Waals surface area contributed by atoms with Crippen LogP contribution in [0.2, 0.25) is 0 Å². The molecular weight excluding hydrogens is 557 g/mol. The Balaban J connectivity index is 0.00000131. The molecule has 4 rings (SSSR count). The van der Waals surface area contributed by atoms with Gasteiger partial charge in [0.05, 0.1) is 0 Å². The number of rotatable bonds is 3. The van der Waals surface area contributed by atoms with Gasteiger partial charge in [0.25, 0.3) is 0 Å². The van der Waals surface area contributed by atoms with Crippen LogP contribution in [0.1, 0.15) is 90.1 Å². The van der Waals surface area contributed by atoms with E-state index in [1.165, 1.54) is 94.1 Å². The van der Waals surface area contributed by atoms with E-state index in [0.29, 0.717) is 0 Å². The summed E-state index contributed by atoms with van der Waals surface area (Å²) in [7, 11) is 0.0872.